The summed E-state index contributed by atoms with van der Waals surface area (Å²) in [5.41, 5.74) is 7.28. The van der Waals surface area contributed by atoms with Gasteiger partial charge in [0.2, 0.25) is 0 Å². The molecule has 0 saturated heterocycles. The highest BCUT2D eigenvalue weighted by Crippen LogP contribution is 2.38. The molecule has 0 aromatic heterocycles. The van der Waals surface area contributed by atoms with Gasteiger partial charge in [-0.2, -0.15) is 0 Å². The van der Waals surface area contributed by atoms with Crippen LogP contribution in [-0.4, -0.2) is 17.8 Å². The van der Waals surface area contributed by atoms with Crippen LogP contribution >= 0.6 is 0 Å². The molecular weight excluding hydrogens is 198 g/mol. The van der Waals surface area contributed by atoms with Gasteiger partial charge in [-0.15, -0.1) is 0 Å². The molecule has 0 aliphatic carbocycles. The molecule has 0 saturated carbocycles. The summed E-state index contributed by atoms with van der Waals surface area (Å²) in [5.74, 6) is 0.405. The lowest BCUT2D eigenvalue weighted by atomic mass is 9.65. The molecule has 2 atom stereocenters. The molecule has 90 valence electrons. The highest BCUT2D eigenvalue weighted by Gasteiger charge is 2.38. The first-order valence-corrected chi connectivity index (χ1v) is 5.97. The lowest BCUT2D eigenvalue weighted by Gasteiger charge is -2.41. The Morgan fingerprint density at radius 2 is 1.75 bits per heavy atom. The predicted octanol–water partition coefficient (Wildman–Crippen LogP) is 2.31. The Morgan fingerprint density at radius 3 is 2.12 bits per heavy atom. The van der Waals surface area contributed by atoms with E-state index in [1.807, 2.05) is 25.1 Å². The third kappa shape index (κ3) is 2.28. The van der Waals surface area contributed by atoms with Gasteiger partial charge in [0.05, 0.1) is 0 Å². The number of aliphatic hydroxyl groups is 1. The van der Waals surface area contributed by atoms with Crippen molar-refractivity contribution in [1.82, 2.24) is 0 Å². The van der Waals surface area contributed by atoms with Gasteiger partial charge in [-0.25, -0.2) is 0 Å². The van der Waals surface area contributed by atoms with Gasteiger partial charge < -0.3 is 10.8 Å². The Kier molecular flexibility index (Phi) is 4.51. The highest BCUT2D eigenvalue weighted by molar-refractivity contribution is 5.28. The Hall–Kier alpha value is -0.860. The summed E-state index contributed by atoms with van der Waals surface area (Å²) >= 11 is 0. The summed E-state index contributed by atoms with van der Waals surface area (Å²) in [6.45, 7) is 6.55. The van der Waals surface area contributed by atoms with Crippen LogP contribution in [0.4, 0.5) is 0 Å². The monoisotopic (exact) mass is 221 g/mol. The van der Waals surface area contributed by atoms with Crippen molar-refractivity contribution in [3.05, 3.63) is 35.9 Å². The van der Waals surface area contributed by atoms with E-state index in [2.05, 4.69) is 26.0 Å². The van der Waals surface area contributed by atoms with E-state index >= 15 is 0 Å². The first-order valence-electron chi connectivity index (χ1n) is 5.97. The molecule has 2 unspecified atom stereocenters. The van der Waals surface area contributed by atoms with E-state index in [-0.39, 0.29) is 18.1 Å². The van der Waals surface area contributed by atoms with Gasteiger partial charge in [-0.3, -0.25) is 0 Å². The van der Waals surface area contributed by atoms with Gasteiger partial charge >= 0.3 is 0 Å². The molecule has 0 fully saturated rings. The van der Waals surface area contributed by atoms with Gasteiger partial charge in [0.1, 0.15) is 0 Å². The third-order valence-corrected chi connectivity index (χ3v) is 3.68. The van der Waals surface area contributed by atoms with Crippen LogP contribution in [0.25, 0.3) is 0 Å². The molecule has 16 heavy (non-hydrogen) atoms. The molecule has 1 rings (SSSR count). The molecule has 3 N–H and O–H groups in total. The Bertz CT molecular complexity index is 298. The summed E-state index contributed by atoms with van der Waals surface area (Å²) in [5, 5.41) is 9.31. The van der Waals surface area contributed by atoms with Crippen LogP contribution in [0, 0.1) is 5.92 Å². The molecule has 2 nitrogen and oxygen atoms in total. The smallest absolute Gasteiger partial charge is 0.0440 e. The minimum Gasteiger partial charge on any atom is -0.396 e. The zero-order valence-corrected chi connectivity index (χ0v) is 10.5. The van der Waals surface area contributed by atoms with Crippen LogP contribution in [0.1, 0.15) is 32.8 Å². The first kappa shape index (κ1) is 13.2. The SMILES string of the molecule is CC(C)C(CCO)(c1ccccc1)C(C)N. The Morgan fingerprint density at radius 1 is 1.19 bits per heavy atom. The molecule has 1 aromatic carbocycles. The van der Waals surface area contributed by atoms with Crippen molar-refractivity contribution in [1.29, 1.82) is 0 Å². The summed E-state index contributed by atoms with van der Waals surface area (Å²) in [6, 6.07) is 10.3. The van der Waals surface area contributed by atoms with Crippen LogP contribution < -0.4 is 5.73 Å². The van der Waals surface area contributed by atoms with Crippen molar-refractivity contribution >= 4 is 0 Å². The van der Waals surface area contributed by atoms with Gasteiger partial charge in [-0.1, -0.05) is 44.2 Å². The Balaban J connectivity index is 3.21. The van der Waals surface area contributed by atoms with E-state index in [9.17, 15) is 5.11 Å². The molecule has 0 heterocycles. The minimum absolute atomic E-state index is 0.0297. The summed E-state index contributed by atoms with van der Waals surface area (Å²) in [6.07, 6.45) is 0.715. The van der Waals surface area contributed by atoms with Gasteiger partial charge in [0.15, 0.2) is 0 Å². The van der Waals surface area contributed by atoms with Crippen molar-refractivity contribution in [3.63, 3.8) is 0 Å². The van der Waals surface area contributed by atoms with Crippen LogP contribution in [0.2, 0.25) is 0 Å². The number of benzene rings is 1. The van der Waals surface area contributed by atoms with E-state index in [0.717, 1.165) is 0 Å². The normalized spacial score (nSPS) is 17.1. The van der Waals surface area contributed by atoms with E-state index < -0.39 is 0 Å². The second kappa shape index (κ2) is 5.46. The zero-order chi connectivity index (χ0) is 12.2. The van der Waals surface area contributed by atoms with Gasteiger partial charge in [0, 0.05) is 18.1 Å². The van der Waals surface area contributed by atoms with Gasteiger partial charge in [0.25, 0.3) is 0 Å². The molecular formula is C14H23NO. The molecule has 0 spiro atoms. The highest BCUT2D eigenvalue weighted by atomic mass is 16.3. The molecule has 0 bridgehead atoms. The fraction of sp³-hybridized carbons (Fsp3) is 0.571. The van der Waals surface area contributed by atoms with Gasteiger partial charge in [-0.05, 0) is 24.8 Å². The largest absolute Gasteiger partial charge is 0.396 e. The average molecular weight is 221 g/mol. The van der Waals surface area contributed by atoms with Crippen molar-refractivity contribution < 1.29 is 5.11 Å². The summed E-state index contributed by atoms with van der Waals surface area (Å²) in [4.78, 5) is 0. The average Bonchev–Trinajstić information content (AvgIpc) is 2.26. The van der Waals surface area contributed by atoms with E-state index in [0.29, 0.717) is 12.3 Å². The van der Waals surface area contributed by atoms with Crippen molar-refractivity contribution in [3.8, 4) is 0 Å². The molecule has 0 radical (unpaired) electrons. The fourth-order valence-electron chi connectivity index (χ4n) is 2.72. The van der Waals surface area contributed by atoms with Crippen molar-refractivity contribution in [2.24, 2.45) is 11.7 Å². The number of hydrogen-bond acceptors (Lipinski definition) is 2. The minimum atomic E-state index is -0.129. The Labute approximate surface area is 98.5 Å². The number of rotatable bonds is 5. The molecule has 0 amide bonds. The second-order valence-corrected chi connectivity index (χ2v) is 4.82. The summed E-state index contributed by atoms with van der Waals surface area (Å²) in [7, 11) is 0. The molecule has 0 aliphatic rings. The maximum atomic E-state index is 9.31. The first-order chi connectivity index (χ1) is 7.55. The van der Waals surface area contributed by atoms with E-state index in [1.54, 1.807) is 0 Å². The summed E-state index contributed by atoms with van der Waals surface area (Å²) < 4.78 is 0. The lowest BCUT2D eigenvalue weighted by Crippen LogP contribution is -2.48. The van der Waals surface area contributed by atoms with Crippen LogP contribution in [0.3, 0.4) is 0 Å². The number of hydrogen-bond donors (Lipinski definition) is 2. The lowest BCUT2D eigenvalue weighted by molar-refractivity contribution is 0.176. The van der Waals surface area contributed by atoms with Crippen molar-refractivity contribution in [2.75, 3.05) is 6.61 Å². The number of nitrogens with two attached hydrogens (primary N) is 1. The predicted molar refractivity (Wildman–Crippen MR) is 68.3 cm³/mol. The second-order valence-electron chi connectivity index (χ2n) is 4.82. The fourth-order valence-corrected chi connectivity index (χ4v) is 2.72. The number of aliphatic hydroxyl groups excluding tert-OH is 1. The van der Waals surface area contributed by atoms with Crippen LogP contribution in [0.5, 0.6) is 0 Å². The van der Waals surface area contributed by atoms with Crippen LogP contribution in [0.15, 0.2) is 30.3 Å². The van der Waals surface area contributed by atoms with Crippen molar-refractivity contribution in [2.45, 2.75) is 38.6 Å². The third-order valence-electron chi connectivity index (χ3n) is 3.68. The maximum absolute atomic E-state index is 9.31. The quantitative estimate of drug-likeness (QED) is 0.801. The topological polar surface area (TPSA) is 46.2 Å². The molecule has 1 aromatic rings. The maximum Gasteiger partial charge on any atom is 0.0440 e. The zero-order valence-electron chi connectivity index (χ0n) is 10.5. The molecule has 2 heteroatoms. The van der Waals surface area contributed by atoms with E-state index in [4.69, 9.17) is 5.73 Å². The van der Waals surface area contributed by atoms with Crippen LogP contribution in [-0.2, 0) is 5.41 Å². The molecule has 0 aliphatic heterocycles. The van der Waals surface area contributed by atoms with E-state index in [1.165, 1.54) is 5.56 Å². The standard InChI is InChI=1S/C14H23NO/c1-11(2)14(9-10-16,12(3)15)13-7-5-4-6-8-13/h4-8,11-12,16H,9-10,15H2,1-3H3.